The second kappa shape index (κ2) is 8.97. The molecule has 0 unspecified atom stereocenters. The van der Waals surface area contributed by atoms with Gasteiger partial charge in [0.15, 0.2) is 0 Å². The van der Waals surface area contributed by atoms with Crippen molar-refractivity contribution in [2.24, 2.45) is 0 Å². The molecule has 1 atom stereocenters. The molecule has 33 heavy (non-hydrogen) atoms. The Bertz CT molecular complexity index is 1130. The zero-order valence-electron chi connectivity index (χ0n) is 17.3. The summed E-state index contributed by atoms with van der Waals surface area (Å²) < 4.78 is 43.5. The molecule has 170 valence electrons. The van der Waals surface area contributed by atoms with E-state index in [4.69, 9.17) is 4.74 Å². The lowest BCUT2D eigenvalue weighted by Crippen LogP contribution is -2.42. The van der Waals surface area contributed by atoms with Gasteiger partial charge in [-0.25, -0.2) is 9.59 Å². The fourth-order valence-electron chi connectivity index (χ4n) is 4.05. The third-order valence-corrected chi connectivity index (χ3v) is 5.65. The van der Waals surface area contributed by atoms with Crippen LogP contribution in [0.2, 0.25) is 0 Å². The maximum absolute atomic E-state index is 12.7. The number of carboxylic acid groups (broad SMARTS) is 1. The molecule has 5 nitrogen and oxygen atoms in total. The number of halogens is 3. The molecule has 0 spiro atoms. The Kier molecular flexibility index (Phi) is 6.09. The van der Waals surface area contributed by atoms with Crippen molar-refractivity contribution < 1.29 is 32.6 Å². The molecule has 0 heterocycles. The lowest BCUT2D eigenvalue weighted by Gasteiger charge is -2.18. The van der Waals surface area contributed by atoms with E-state index in [1.807, 2.05) is 48.5 Å². The molecule has 0 saturated carbocycles. The molecule has 0 saturated heterocycles. The molecule has 0 aliphatic heterocycles. The highest BCUT2D eigenvalue weighted by Crippen LogP contribution is 2.44. The number of alkyl carbamates (subject to hydrolysis) is 1. The molecule has 1 amide bonds. The highest BCUT2D eigenvalue weighted by atomic mass is 19.4. The van der Waals surface area contributed by atoms with E-state index in [-0.39, 0.29) is 18.9 Å². The van der Waals surface area contributed by atoms with E-state index in [9.17, 15) is 27.9 Å². The van der Waals surface area contributed by atoms with Crippen LogP contribution in [0.5, 0.6) is 0 Å². The Morgan fingerprint density at radius 2 is 1.45 bits per heavy atom. The molecule has 2 N–H and O–H groups in total. The number of rotatable bonds is 6. The summed E-state index contributed by atoms with van der Waals surface area (Å²) in [5, 5.41) is 11.8. The van der Waals surface area contributed by atoms with Gasteiger partial charge in [0.05, 0.1) is 5.56 Å². The smallest absolute Gasteiger partial charge is 0.416 e. The van der Waals surface area contributed by atoms with Crippen LogP contribution in [0.25, 0.3) is 11.1 Å². The van der Waals surface area contributed by atoms with Gasteiger partial charge in [-0.05, 0) is 39.9 Å². The van der Waals surface area contributed by atoms with Gasteiger partial charge in [0.25, 0.3) is 0 Å². The molecule has 1 aliphatic carbocycles. The number of amides is 1. The van der Waals surface area contributed by atoms with Crippen LogP contribution in [0.1, 0.15) is 28.2 Å². The van der Waals surface area contributed by atoms with Crippen LogP contribution >= 0.6 is 0 Å². The number of carbonyl (C=O) groups is 2. The summed E-state index contributed by atoms with van der Waals surface area (Å²) in [6.07, 6.45) is -5.57. The van der Waals surface area contributed by atoms with Gasteiger partial charge in [0.2, 0.25) is 0 Å². The fraction of sp³-hybridized carbons (Fsp3) is 0.200. The normalized spacial score (nSPS) is 13.7. The Morgan fingerprint density at radius 1 is 0.909 bits per heavy atom. The van der Waals surface area contributed by atoms with Crippen molar-refractivity contribution in [3.8, 4) is 11.1 Å². The fourth-order valence-corrected chi connectivity index (χ4v) is 4.05. The third kappa shape index (κ3) is 4.84. The van der Waals surface area contributed by atoms with Crippen molar-refractivity contribution in [1.82, 2.24) is 5.32 Å². The molecule has 0 fully saturated rings. The number of benzene rings is 3. The average molecular weight is 455 g/mol. The topological polar surface area (TPSA) is 75.6 Å². The lowest BCUT2D eigenvalue weighted by molar-refractivity contribution is -0.139. The van der Waals surface area contributed by atoms with Crippen molar-refractivity contribution in [3.63, 3.8) is 0 Å². The van der Waals surface area contributed by atoms with Crippen LogP contribution in [-0.2, 0) is 22.1 Å². The zero-order valence-corrected chi connectivity index (χ0v) is 17.3. The summed E-state index contributed by atoms with van der Waals surface area (Å²) in [6, 6.07) is 18.4. The number of ether oxygens (including phenoxy) is 1. The van der Waals surface area contributed by atoms with Crippen molar-refractivity contribution in [2.45, 2.75) is 24.6 Å². The Hall–Kier alpha value is -3.81. The predicted molar refractivity (Wildman–Crippen MR) is 115 cm³/mol. The van der Waals surface area contributed by atoms with Crippen LogP contribution in [0.3, 0.4) is 0 Å². The first-order valence-electron chi connectivity index (χ1n) is 10.2. The van der Waals surface area contributed by atoms with Crippen molar-refractivity contribution in [2.75, 3.05) is 6.61 Å². The molecule has 0 aromatic heterocycles. The van der Waals surface area contributed by atoms with E-state index in [0.717, 1.165) is 34.4 Å². The van der Waals surface area contributed by atoms with Crippen LogP contribution in [0.4, 0.5) is 18.0 Å². The summed E-state index contributed by atoms with van der Waals surface area (Å²) in [7, 11) is 0. The molecule has 4 rings (SSSR count). The van der Waals surface area contributed by atoms with E-state index < -0.39 is 29.8 Å². The summed E-state index contributed by atoms with van der Waals surface area (Å²) in [4.78, 5) is 24.0. The first-order valence-corrected chi connectivity index (χ1v) is 10.2. The minimum Gasteiger partial charge on any atom is -0.480 e. The minimum atomic E-state index is -4.48. The SMILES string of the molecule is O=C(N[C@@H](Cc1ccc(C(F)(F)F)cc1)C(=O)O)OCC1c2ccccc2-c2ccccc21. The van der Waals surface area contributed by atoms with Crippen molar-refractivity contribution in [1.29, 1.82) is 0 Å². The molecule has 3 aromatic carbocycles. The molecule has 8 heteroatoms. The minimum absolute atomic E-state index is 0.0203. The summed E-state index contributed by atoms with van der Waals surface area (Å²) in [6.45, 7) is 0.0203. The number of carbonyl (C=O) groups excluding carboxylic acids is 1. The summed E-state index contributed by atoms with van der Waals surface area (Å²) in [5.41, 5.74) is 3.68. The number of alkyl halides is 3. The summed E-state index contributed by atoms with van der Waals surface area (Å²) >= 11 is 0. The van der Waals surface area contributed by atoms with Gasteiger partial charge in [-0.1, -0.05) is 60.7 Å². The van der Waals surface area contributed by atoms with Crippen molar-refractivity contribution >= 4 is 12.1 Å². The largest absolute Gasteiger partial charge is 0.480 e. The number of carboxylic acids is 1. The molecule has 0 bridgehead atoms. The average Bonchev–Trinajstić information content (AvgIpc) is 3.11. The number of aliphatic carboxylic acids is 1. The van der Waals surface area contributed by atoms with Gasteiger partial charge in [-0.2, -0.15) is 13.2 Å². The molecular formula is C25H20F3NO4. The van der Waals surface area contributed by atoms with E-state index in [1.165, 1.54) is 12.1 Å². The van der Waals surface area contributed by atoms with Gasteiger partial charge in [0.1, 0.15) is 12.6 Å². The van der Waals surface area contributed by atoms with Crippen LogP contribution in [0, 0.1) is 0 Å². The molecule has 0 radical (unpaired) electrons. The number of nitrogens with one attached hydrogen (secondary N) is 1. The quantitative estimate of drug-likeness (QED) is 0.533. The van der Waals surface area contributed by atoms with Crippen LogP contribution < -0.4 is 5.32 Å². The highest BCUT2D eigenvalue weighted by molar-refractivity contribution is 5.81. The van der Waals surface area contributed by atoms with Gasteiger partial charge < -0.3 is 15.2 Å². The Morgan fingerprint density at radius 3 is 1.97 bits per heavy atom. The number of hydrogen-bond donors (Lipinski definition) is 2. The molecule has 3 aromatic rings. The highest BCUT2D eigenvalue weighted by Gasteiger charge is 2.31. The number of hydrogen-bond acceptors (Lipinski definition) is 3. The number of fused-ring (bicyclic) bond motifs is 3. The molecule has 1 aliphatic rings. The second-order valence-electron chi connectivity index (χ2n) is 7.76. The van der Waals surface area contributed by atoms with Gasteiger partial charge in [0, 0.05) is 12.3 Å². The first kappa shape index (κ1) is 22.4. The van der Waals surface area contributed by atoms with Gasteiger partial charge in [-0.3, -0.25) is 0 Å². The van der Waals surface area contributed by atoms with Gasteiger partial charge in [-0.15, -0.1) is 0 Å². The Labute approximate surface area is 187 Å². The first-order chi connectivity index (χ1) is 15.7. The van der Waals surface area contributed by atoms with Crippen LogP contribution in [-0.4, -0.2) is 29.8 Å². The van der Waals surface area contributed by atoms with Crippen molar-refractivity contribution in [3.05, 3.63) is 95.1 Å². The second-order valence-corrected chi connectivity index (χ2v) is 7.76. The van der Waals surface area contributed by atoms with E-state index >= 15 is 0 Å². The lowest BCUT2D eigenvalue weighted by atomic mass is 9.98. The maximum atomic E-state index is 12.7. The zero-order chi connectivity index (χ0) is 23.6. The summed E-state index contributed by atoms with van der Waals surface area (Å²) in [5.74, 6) is -1.50. The Balaban J connectivity index is 1.41. The van der Waals surface area contributed by atoms with Gasteiger partial charge >= 0.3 is 18.2 Å². The van der Waals surface area contributed by atoms with E-state index in [0.29, 0.717) is 5.56 Å². The predicted octanol–water partition coefficient (Wildman–Crippen LogP) is 5.24. The van der Waals surface area contributed by atoms with Crippen LogP contribution in [0.15, 0.2) is 72.8 Å². The van der Waals surface area contributed by atoms with E-state index in [1.54, 1.807) is 0 Å². The molecular weight excluding hydrogens is 435 g/mol. The standard InChI is InChI=1S/C25H20F3NO4/c26-25(27,28)16-11-9-15(10-12-16)13-22(23(30)31)29-24(32)33-14-21-19-7-3-1-5-17(19)18-6-2-4-8-20(18)21/h1-12,21-22H,13-14H2,(H,29,32)(H,30,31)/t22-/m0/s1. The monoisotopic (exact) mass is 455 g/mol. The van der Waals surface area contributed by atoms with E-state index in [2.05, 4.69) is 5.32 Å². The maximum Gasteiger partial charge on any atom is 0.416 e. The third-order valence-electron chi connectivity index (χ3n) is 5.65.